The maximum Gasteiger partial charge on any atom is 0.224 e. The van der Waals surface area contributed by atoms with E-state index < -0.39 is 5.82 Å². The van der Waals surface area contributed by atoms with Gasteiger partial charge in [0.1, 0.15) is 11.6 Å². The smallest absolute Gasteiger partial charge is 0.224 e. The summed E-state index contributed by atoms with van der Waals surface area (Å²) >= 11 is 0. The van der Waals surface area contributed by atoms with Gasteiger partial charge in [0.25, 0.3) is 0 Å². The summed E-state index contributed by atoms with van der Waals surface area (Å²) in [5, 5.41) is 2.56. The summed E-state index contributed by atoms with van der Waals surface area (Å²) in [6.07, 6.45) is 3.23. The number of halogens is 1. The van der Waals surface area contributed by atoms with Crippen LogP contribution < -0.4 is 10.1 Å². The van der Waals surface area contributed by atoms with Gasteiger partial charge < -0.3 is 14.8 Å². The Kier molecular flexibility index (Phi) is 4.74. The third kappa shape index (κ3) is 3.92. The highest BCUT2D eigenvalue weighted by molar-refractivity contribution is 5.91. The lowest BCUT2D eigenvalue weighted by atomic mass is 10.1. The maximum atomic E-state index is 13.5. The lowest BCUT2D eigenvalue weighted by molar-refractivity contribution is -0.116. The molecule has 0 radical (unpaired) electrons. The number of carbonyl (C=O) groups is 1. The van der Waals surface area contributed by atoms with Crippen LogP contribution in [0.25, 0.3) is 0 Å². The lowest BCUT2D eigenvalue weighted by Crippen LogP contribution is -2.16. The van der Waals surface area contributed by atoms with Crippen molar-refractivity contribution >= 4 is 11.6 Å². The quantitative estimate of drug-likeness (QED) is 0.892. The summed E-state index contributed by atoms with van der Waals surface area (Å²) in [4.78, 5) is 11.7. The highest BCUT2D eigenvalue weighted by atomic mass is 19.1. The van der Waals surface area contributed by atoms with Crippen LogP contribution in [-0.4, -0.2) is 25.7 Å². The molecule has 0 aromatic heterocycles. The largest absolute Gasteiger partial charge is 0.497 e. The molecular formula is C14H18FNO3. The van der Waals surface area contributed by atoms with E-state index in [1.165, 1.54) is 25.3 Å². The number of benzene rings is 1. The van der Waals surface area contributed by atoms with Gasteiger partial charge in [-0.05, 0) is 31.4 Å². The first-order chi connectivity index (χ1) is 9.19. The molecule has 1 aromatic rings. The van der Waals surface area contributed by atoms with E-state index in [0.717, 1.165) is 19.4 Å². The molecule has 1 aromatic carbocycles. The van der Waals surface area contributed by atoms with E-state index in [9.17, 15) is 9.18 Å². The molecule has 1 aliphatic heterocycles. The molecule has 0 spiro atoms. The number of hydrogen-bond donors (Lipinski definition) is 1. The fourth-order valence-electron chi connectivity index (χ4n) is 2.10. The Morgan fingerprint density at radius 3 is 3.11 bits per heavy atom. The standard InChI is InChI=1S/C14H18FNO3/c1-18-11-4-6-12(15)13(9-11)16-14(17)7-5-10-3-2-8-19-10/h4,6,9-10H,2-3,5,7-8H2,1H3,(H,16,17). The van der Waals surface area contributed by atoms with Crippen molar-refractivity contribution in [2.24, 2.45) is 0 Å². The number of anilines is 1. The molecule has 104 valence electrons. The van der Waals surface area contributed by atoms with Gasteiger partial charge in [-0.2, -0.15) is 0 Å². The monoisotopic (exact) mass is 267 g/mol. The Balaban J connectivity index is 1.87. The van der Waals surface area contributed by atoms with Gasteiger partial charge in [0.05, 0.1) is 18.9 Å². The number of amides is 1. The minimum absolute atomic E-state index is 0.150. The van der Waals surface area contributed by atoms with Gasteiger partial charge in [0.15, 0.2) is 0 Å². The molecule has 1 saturated heterocycles. The van der Waals surface area contributed by atoms with Crippen molar-refractivity contribution < 1.29 is 18.7 Å². The third-order valence-electron chi connectivity index (χ3n) is 3.16. The Morgan fingerprint density at radius 2 is 2.42 bits per heavy atom. The zero-order chi connectivity index (χ0) is 13.7. The van der Waals surface area contributed by atoms with Gasteiger partial charge in [-0.25, -0.2) is 4.39 Å². The van der Waals surface area contributed by atoms with E-state index in [1.54, 1.807) is 0 Å². The third-order valence-corrected chi connectivity index (χ3v) is 3.16. The normalized spacial score (nSPS) is 18.3. The zero-order valence-corrected chi connectivity index (χ0v) is 10.9. The maximum absolute atomic E-state index is 13.5. The molecular weight excluding hydrogens is 249 g/mol. The summed E-state index contributed by atoms with van der Waals surface area (Å²) in [5.74, 6) is -0.162. The highest BCUT2D eigenvalue weighted by Crippen LogP contribution is 2.22. The molecule has 2 rings (SSSR count). The van der Waals surface area contributed by atoms with Crippen molar-refractivity contribution in [3.63, 3.8) is 0 Å². The number of rotatable bonds is 5. The highest BCUT2D eigenvalue weighted by Gasteiger charge is 2.17. The van der Waals surface area contributed by atoms with E-state index in [1.807, 2.05) is 0 Å². The van der Waals surface area contributed by atoms with Crippen LogP contribution in [-0.2, 0) is 9.53 Å². The van der Waals surface area contributed by atoms with Crippen molar-refractivity contribution in [3.8, 4) is 5.75 Å². The molecule has 4 nitrogen and oxygen atoms in total. The summed E-state index contributed by atoms with van der Waals surface area (Å²) < 4.78 is 23.9. The second-order valence-electron chi connectivity index (χ2n) is 4.57. The summed E-state index contributed by atoms with van der Waals surface area (Å²) in [6.45, 7) is 0.775. The number of methoxy groups -OCH3 is 1. The first-order valence-electron chi connectivity index (χ1n) is 6.44. The fourth-order valence-corrected chi connectivity index (χ4v) is 2.10. The molecule has 1 heterocycles. The lowest BCUT2D eigenvalue weighted by Gasteiger charge is -2.10. The van der Waals surface area contributed by atoms with Crippen molar-refractivity contribution in [2.45, 2.75) is 31.8 Å². The van der Waals surface area contributed by atoms with Crippen LogP contribution in [0.3, 0.4) is 0 Å². The summed E-state index contributed by atoms with van der Waals surface area (Å²) in [5.41, 5.74) is 0.150. The summed E-state index contributed by atoms with van der Waals surface area (Å²) in [7, 11) is 1.50. The molecule has 1 aliphatic rings. The van der Waals surface area contributed by atoms with E-state index in [4.69, 9.17) is 9.47 Å². The molecule has 1 N–H and O–H groups in total. The van der Waals surface area contributed by atoms with Crippen LogP contribution in [0.15, 0.2) is 18.2 Å². The van der Waals surface area contributed by atoms with Gasteiger partial charge in [0.2, 0.25) is 5.91 Å². The number of nitrogens with one attached hydrogen (secondary N) is 1. The average molecular weight is 267 g/mol. The molecule has 5 heteroatoms. The van der Waals surface area contributed by atoms with Gasteiger partial charge in [0, 0.05) is 19.1 Å². The topological polar surface area (TPSA) is 47.6 Å². The van der Waals surface area contributed by atoms with Crippen LogP contribution in [0.2, 0.25) is 0 Å². The van der Waals surface area contributed by atoms with Crippen molar-refractivity contribution in [1.82, 2.24) is 0 Å². The van der Waals surface area contributed by atoms with Crippen LogP contribution in [0.1, 0.15) is 25.7 Å². The van der Waals surface area contributed by atoms with Crippen LogP contribution in [0, 0.1) is 5.82 Å². The fraction of sp³-hybridized carbons (Fsp3) is 0.500. The van der Waals surface area contributed by atoms with Crippen molar-refractivity contribution in [3.05, 3.63) is 24.0 Å². The van der Waals surface area contributed by atoms with Gasteiger partial charge in [-0.1, -0.05) is 0 Å². The van der Waals surface area contributed by atoms with Gasteiger partial charge in [-0.15, -0.1) is 0 Å². The average Bonchev–Trinajstić information content (AvgIpc) is 2.92. The SMILES string of the molecule is COc1ccc(F)c(NC(=O)CCC2CCCO2)c1. The van der Waals surface area contributed by atoms with E-state index >= 15 is 0 Å². The molecule has 0 bridgehead atoms. The van der Waals surface area contributed by atoms with Crippen molar-refractivity contribution in [1.29, 1.82) is 0 Å². The molecule has 1 fully saturated rings. The number of carbonyl (C=O) groups excluding carboxylic acids is 1. The molecule has 0 aliphatic carbocycles. The van der Waals surface area contributed by atoms with E-state index in [-0.39, 0.29) is 17.7 Å². The Morgan fingerprint density at radius 1 is 1.58 bits per heavy atom. The molecule has 1 amide bonds. The predicted molar refractivity (Wildman–Crippen MR) is 69.8 cm³/mol. The molecule has 19 heavy (non-hydrogen) atoms. The molecule has 0 saturated carbocycles. The summed E-state index contributed by atoms with van der Waals surface area (Å²) in [6, 6.07) is 4.26. The minimum atomic E-state index is -0.466. The Labute approximate surface area is 111 Å². The predicted octanol–water partition coefficient (Wildman–Crippen LogP) is 2.73. The van der Waals surface area contributed by atoms with Crippen LogP contribution in [0.4, 0.5) is 10.1 Å². The Hall–Kier alpha value is -1.62. The number of hydrogen-bond acceptors (Lipinski definition) is 3. The molecule has 1 unspecified atom stereocenters. The zero-order valence-electron chi connectivity index (χ0n) is 10.9. The van der Waals surface area contributed by atoms with Gasteiger partial charge in [-0.3, -0.25) is 4.79 Å². The first-order valence-corrected chi connectivity index (χ1v) is 6.44. The van der Waals surface area contributed by atoms with Crippen LogP contribution in [0.5, 0.6) is 5.75 Å². The number of ether oxygens (including phenoxy) is 2. The first kappa shape index (κ1) is 13.8. The van der Waals surface area contributed by atoms with E-state index in [2.05, 4.69) is 5.32 Å². The van der Waals surface area contributed by atoms with Crippen molar-refractivity contribution in [2.75, 3.05) is 19.0 Å². The second kappa shape index (κ2) is 6.52. The Bertz CT molecular complexity index is 444. The second-order valence-corrected chi connectivity index (χ2v) is 4.57. The minimum Gasteiger partial charge on any atom is -0.497 e. The molecule has 1 atom stereocenters. The van der Waals surface area contributed by atoms with E-state index in [0.29, 0.717) is 18.6 Å². The van der Waals surface area contributed by atoms with Gasteiger partial charge >= 0.3 is 0 Å². The van der Waals surface area contributed by atoms with Crippen LogP contribution >= 0.6 is 0 Å².